The fraction of sp³-hybridized carbons (Fsp3) is 0.429. The number of sulfonamides is 1. The van der Waals surface area contributed by atoms with Gasteiger partial charge < -0.3 is 5.11 Å². The third-order valence-electron chi connectivity index (χ3n) is 3.69. The Balaban J connectivity index is 2.47. The summed E-state index contributed by atoms with van der Waals surface area (Å²) in [5.41, 5.74) is 1.62. The predicted octanol–water partition coefficient (Wildman–Crippen LogP) is 1.13. The Morgan fingerprint density at radius 3 is 2.62 bits per heavy atom. The van der Waals surface area contributed by atoms with E-state index in [0.717, 1.165) is 15.4 Å². The molecule has 112 valence electrons. The summed E-state index contributed by atoms with van der Waals surface area (Å²) in [7, 11) is -3.97. The van der Waals surface area contributed by atoms with Crippen molar-refractivity contribution in [1.82, 2.24) is 4.31 Å². The van der Waals surface area contributed by atoms with Crippen LogP contribution in [0.2, 0.25) is 0 Å². The normalized spacial score (nSPS) is 20.3. The van der Waals surface area contributed by atoms with Crippen molar-refractivity contribution in [3.63, 3.8) is 0 Å². The average Bonchev–Trinajstić information content (AvgIpc) is 2.46. The molecule has 1 unspecified atom stereocenters. The third kappa shape index (κ3) is 2.77. The van der Waals surface area contributed by atoms with Crippen molar-refractivity contribution >= 4 is 16.0 Å². The van der Waals surface area contributed by atoms with Crippen LogP contribution in [-0.4, -0.2) is 35.1 Å². The first kappa shape index (κ1) is 15.5. The highest BCUT2D eigenvalue weighted by Gasteiger charge is 2.42. The number of hydrogen-bond acceptors (Lipinski definition) is 4. The first-order chi connectivity index (χ1) is 9.91. The molecule has 21 heavy (non-hydrogen) atoms. The zero-order valence-electron chi connectivity index (χ0n) is 11.6. The fourth-order valence-corrected chi connectivity index (χ4v) is 4.23. The number of aliphatic carboxylic acids is 1. The van der Waals surface area contributed by atoms with E-state index in [2.05, 4.69) is 0 Å². The van der Waals surface area contributed by atoms with Crippen LogP contribution in [0.3, 0.4) is 0 Å². The molecular formula is C14H16N2O4S. The van der Waals surface area contributed by atoms with Crippen LogP contribution in [0.1, 0.15) is 24.5 Å². The highest BCUT2D eigenvalue weighted by atomic mass is 32.2. The van der Waals surface area contributed by atoms with Gasteiger partial charge in [0.1, 0.15) is 6.04 Å². The van der Waals surface area contributed by atoms with E-state index in [1.165, 1.54) is 0 Å². The standard InChI is InChI=1S/C14H16N2O4S/c1-2-12(8-15)21(19,20)16-9-11-6-4-3-5-10(11)7-13(16)14(17)18/h3-6,12-13H,2,7,9H2,1H3,(H,17,18)/t12?,13-/m1/s1. The van der Waals surface area contributed by atoms with Crippen LogP contribution in [0.4, 0.5) is 0 Å². The minimum atomic E-state index is -3.97. The van der Waals surface area contributed by atoms with Crippen LogP contribution >= 0.6 is 0 Å². The number of nitrogens with zero attached hydrogens (tertiary/aromatic N) is 2. The average molecular weight is 308 g/mol. The molecule has 7 heteroatoms. The first-order valence-corrected chi connectivity index (χ1v) is 8.12. The Bertz CT molecular complexity index is 693. The van der Waals surface area contributed by atoms with Crippen LogP contribution in [0.15, 0.2) is 24.3 Å². The molecule has 1 aromatic rings. The van der Waals surface area contributed by atoms with Crippen molar-refractivity contribution in [3.05, 3.63) is 35.4 Å². The maximum absolute atomic E-state index is 12.5. The van der Waals surface area contributed by atoms with Gasteiger partial charge in [-0.1, -0.05) is 31.2 Å². The SMILES string of the molecule is CCC(C#N)S(=O)(=O)N1Cc2ccccc2C[C@@H]1C(=O)O. The molecule has 6 nitrogen and oxygen atoms in total. The predicted molar refractivity (Wildman–Crippen MR) is 75.7 cm³/mol. The van der Waals surface area contributed by atoms with Crippen LogP contribution in [0, 0.1) is 11.3 Å². The topological polar surface area (TPSA) is 98.5 Å². The van der Waals surface area contributed by atoms with Crippen molar-refractivity contribution in [1.29, 1.82) is 5.26 Å². The van der Waals surface area contributed by atoms with E-state index in [4.69, 9.17) is 5.26 Å². The van der Waals surface area contributed by atoms with E-state index in [1.807, 2.05) is 0 Å². The second kappa shape index (κ2) is 5.84. The fourth-order valence-electron chi connectivity index (χ4n) is 2.51. The van der Waals surface area contributed by atoms with Gasteiger partial charge in [0, 0.05) is 13.0 Å². The van der Waals surface area contributed by atoms with Gasteiger partial charge in [0.25, 0.3) is 0 Å². The minimum Gasteiger partial charge on any atom is -0.480 e. The lowest BCUT2D eigenvalue weighted by atomic mass is 9.96. The highest BCUT2D eigenvalue weighted by molar-refractivity contribution is 7.90. The summed E-state index contributed by atoms with van der Waals surface area (Å²) in [5, 5.41) is 17.1. The van der Waals surface area contributed by atoms with Gasteiger partial charge in [-0.05, 0) is 17.5 Å². The second-order valence-electron chi connectivity index (χ2n) is 4.94. The van der Waals surface area contributed by atoms with Crippen LogP contribution < -0.4 is 0 Å². The number of rotatable bonds is 4. The number of benzene rings is 1. The van der Waals surface area contributed by atoms with Crippen molar-refractivity contribution in [3.8, 4) is 6.07 Å². The molecule has 1 aliphatic heterocycles. The van der Waals surface area contributed by atoms with Gasteiger partial charge in [0.05, 0.1) is 6.07 Å². The number of hydrogen-bond donors (Lipinski definition) is 1. The number of carboxylic acids is 1. The zero-order valence-corrected chi connectivity index (χ0v) is 12.4. The van der Waals surface area contributed by atoms with E-state index in [0.29, 0.717) is 0 Å². The van der Waals surface area contributed by atoms with E-state index in [-0.39, 0.29) is 19.4 Å². The van der Waals surface area contributed by atoms with Gasteiger partial charge in [-0.15, -0.1) is 0 Å². The Morgan fingerprint density at radius 1 is 1.48 bits per heavy atom. The van der Waals surface area contributed by atoms with E-state index < -0.39 is 27.3 Å². The van der Waals surface area contributed by atoms with Crippen LogP contribution in [0.25, 0.3) is 0 Å². The van der Waals surface area contributed by atoms with Crippen molar-refractivity contribution < 1.29 is 18.3 Å². The summed E-state index contributed by atoms with van der Waals surface area (Å²) in [6.45, 7) is 1.59. The highest BCUT2D eigenvalue weighted by Crippen LogP contribution is 2.28. The lowest BCUT2D eigenvalue weighted by Crippen LogP contribution is -2.51. The summed E-state index contributed by atoms with van der Waals surface area (Å²) in [6, 6.07) is 7.76. The number of carbonyl (C=O) groups is 1. The van der Waals surface area contributed by atoms with E-state index in [9.17, 15) is 18.3 Å². The molecule has 1 heterocycles. The lowest BCUT2D eigenvalue weighted by molar-refractivity contribution is -0.141. The largest absolute Gasteiger partial charge is 0.480 e. The molecule has 0 fully saturated rings. The maximum atomic E-state index is 12.5. The van der Waals surface area contributed by atoms with Crippen molar-refractivity contribution in [2.75, 3.05) is 0 Å². The smallest absolute Gasteiger partial charge is 0.322 e. The van der Waals surface area contributed by atoms with Gasteiger partial charge >= 0.3 is 5.97 Å². The Labute approximate surface area is 123 Å². The maximum Gasteiger partial charge on any atom is 0.322 e. The molecular weight excluding hydrogens is 292 g/mol. The number of nitriles is 1. The Hall–Kier alpha value is -1.91. The third-order valence-corrected chi connectivity index (χ3v) is 5.89. The monoisotopic (exact) mass is 308 g/mol. The van der Waals surface area contributed by atoms with E-state index >= 15 is 0 Å². The summed E-state index contributed by atoms with van der Waals surface area (Å²) >= 11 is 0. The van der Waals surface area contributed by atoms with Gasteiger partial charge in [0.2, 0.25) is 10.0 Å². The number of fused-ring (bicyclic) bond motifs is 1. The summed E-state index contributed by atoms with van der Waals surface area (Å²) in [5.74, 6) is -1.19. The number of carboxylic acid groups (broad SMARTS) is 1. The second-order valence-corrected chi connectivity index (χ2v) is 7.01. The Kier molecular flexibility index (Phi) is 4.30. The summed E-state index contributed by atoms with van der Waals surface area (Å²) in [6.07, 6.45) is 0.246. The molecule has 0 bridgehead atoms. The Morgan fingerprint density at radius 2 is 2.10 bits per heavy atom. The molecule has 0 saturated carbocycles. The van der Waals surface area contributed by atoms with Crippen molar-refractivity contribution in [2.24, 2.45) is 0 Å². The molecule has 0 spiro atoms. The lowest BCUT2D eigenvalue weighted by Gasteiger charge is -2.34. The van der Waals surface area contributed by atoms with Crippen LogP contribution in [-0.2, 0) is 27.8 Å². The molecule has 1 N–H and O–H groups in total. The van der Waals surface area contributed by atoms with Gasteiger partial charge in [-0.25, -0.2) is 8.42 Å². The van der Waals surface area contributed by atoms with Gasteiger partial charge in [-0.3, -0.25) is 4.79 Å². The summed E-state index contributed by atoms with van der Waals surface area (Å²) < 4.78 is 26.0. The molecule has 0 aromatic heterocycles. The first-order valence-electron chi connectivity index (χ1n) is 6.61. The molecule has 0 amide bonds. The molecule has 2 rings (SSSR count). The van der Waals surface area contributed by atoms with Crippen LogP contribution in [0.5, 0.6) is 0 Å². The molecule has 0 aliphatic carbocycles. The molecule has 1 aromatic carbocycles. The quantitative estimate of drug-likeness (QED) is 0.899. The molecule has 0 radical (unpaired) electrons. The van der Waals surface area contributed by atoms with E-state index in [1.54, 1.807) is 37.3 Å². The van der Waals surface area contributed by atoms with Gasteiger partial charge in [0.15, 0.2) is 5.25 Å². The zero-order chi connectivity index (χ0) is 15.6. The van der Waals surface area contributed by atoms with Gasteiger partial charge in [-0.2, -0.15) is 9.57 Å². The minimum absolute atomic E-state index is 0.00630. The molecule has 1 aliphatic rings. The molecule has 2 atom stereocenters. The van der Waals surface area contributed by atoms with Crippen molar-refractivity contribution in [2.45, 2.75) is 37.6 Å². The molecule has 0 saturated heterocycles. The summed E-state index contributed by atoms with van der Waals surface area (Å²) in [4.78, 5) is 11.4.